The molecule has 0 unspecified atom stereocenters. The second kappa shape index (κ2) is 7.73. The van der Waals surface area contributed by atoms with E-state index in [1.54, 1.807) is 13.2 Å². The number of hydrogen-bond acceptors (Lipinski definition) is 4. The Labute approximate surface area is 146 Å². The molecule has 2 aromatic rings. The molecular formula is C19H22N2O2S. The van der Waals surface area contributed by atoms with Crippen LogP contribution in [0.1, 0.15) is 40.4 Å². The fourth-order valence-corrected chi connectivity index (χ4v) is 4.03. The van der Waals surface area contributed by atoms with Crippen molar-refractivity contribution >= 4 is 17.7 Å². The highest BCUT2D eigenvalue weighted by atomic mass is 32.2. The molecule has 24 heavy (non-hydrogen) atoms. The molecular weight excluding hydrogens is 320 g/mol. The van der Waals surface area contributed by atoms with Crippen molar-refractivity contribution in [2.24, 2.45) is 5.73 Å². The normalized spacial score (nSPS) is 17.0. The number of benzene rings is 2. The maximum absolute atomic E-state index is 11.3. The van der Waals surface area contributed by atoms with Crippen LogP contribution in [-0.2, 0) is 6.54 Å². The topological polar surface area (TPSA) is 64.3 Å². The third kappa shape index (κ3) is 3.91. The lowest BCUT2D eigenvalue weighted by molar-refractivity contribution is 0.1000. The summed E-state index contributed by atoms with van der Waals surface area (Å²) in [6.07, 6.45) is 2.25. The van der Waals surface area contributed by atoms with E-state index in [2.05, 4.69) is 17.4 Å². The second-order valence-corrected chi connectivity index (χ2v) is 7.03. The first-order valence-electron chi connectivity index (χ1n) is 8.10. The Kier molecular flexibility index (Phi) is 5.43. The minimum atomic E-state index is -0.391. The number of rotatable bonds is 5. The van der Waals surface area contributed by atoms with Crippen LogP contribution >= 0.6 is 11.8 Å². The Morgan fingerprint density at radius 1 is 1.33 bits per heavy atom. The van der Waals surface area contributed by atoms with Crippen molar-refractivity contribution in [3.8, 4) is 5.75 Å². The fourth-order valence-electron chi connectivity index (χ4n) is 2.97. The number of carbonyl (C=O) groups is 1. The Balaban J connectivity index is 1.78. The van der Waals surface area contributed by atoms with Crippen LogP contribution in [0.5, 0.6) is 5.75 Å². The average Bonchev–Trinajstić information content (AvgIpc) is 2.81. The van der Waals surface area contributed by atoms with Gasteiger partial charge in [-0.3, -0.25) is 4.79 Å². The van der Waals surface area contributed by atoms with Gasteiger partial charge in [0.05, 0.1) is 7.11 Å². The van der Waals surface area contributed by atoms with E-state index in [1.807, 2.05) is 36.0 Å². The maximum atomic E-state index is 11.3. The molecule has 2 aromatic carbocycles. The number of carbonyl (C=O) groups excluding carboxylic acids is 1. The van der Waals surface area contributed by atoms with Crippen LogP contribution in [0.2, 0.25) is 0 Å². The Bertz CT molecular complexity index is 733. The minimum absolute atomic E-state index is 0.280. The monoisotopic (exact) mass is 342 g/mol. The molecule has 126 valence electrons. The predicted octanol–water partition coefficient (Wildman–Crippen LogP) is 3.51. The molecule has 1 amide bonds. The Morgan fingerprint density at radius 3 is 3.00 bits per heavy atom. The number of thioether (sulfide) groups is 1. The van der Waals surface area contributed by atoms with Gasteiger partial charge in [-0.05, 0) is 60.1 Å². The van der Waals surface area contributed by atoms with Gasteiger partial charge in [-0.2, -0.15) is 0 Å². The molecule has 5 heteroatoms. The van der Waals surface area contributed by atoms with Crippen molar-refractivity contribution in [3.05, 3.63) is 59.2 Å². The number of nitrogens with two attached hydrogens (primary N) is 1. The Morgan fingerprint density at radius 2 is 2.21 bits per heavy atom. The molecule has 0 aliphatic carbocycles. The third-order valence-corrected chi connectivity index (χ3v) is 5.43. The van der Waals surface area contributed by atoms with Crippen LogP contribution in [-0.4, -0.2) is 18.8 Å². The smallest absolute Gasteiger partial charge is 0.248 e. The van der Waals surface area contributed by atoms with E-state index in [9.17, 15) is 4.79 Å². The molecule has 0 radical (unpaired) electrons. The molecule has 1 heterocycles. The summed E-state index contributed by atoms with van der Waals surface area (Å²) in [5.74, 6) is 1.63. The van der Waals surface area contributed by atoms with Gasteiger partial charge in [0.25, 0.3) is 0 Å². The lowest BCUT2D eigenvalue weighted by atomic mass is 10.0. The summed E-state index contributed by atoms with van der Waals surface area (Å²) in [5.41, 5.74) is 8.27. The molecule has 4 nitrogen and oxygen atoms in total. The van der Waals surface area contributed by atoms with Crippen LogP contribution < -0.4 is 15.8 Å². The van der Waals surface area contributed by atoms with Gasteiger partial charge in [0, 0.05) is 23.0 Å². The summed E-state index contributed by atoms with van der Waals surface area (Å²) < 4.78 is 5.39. The molecule has 1 atom stereocenters. The van der Waals surface area contributed by atoms with Crippen LogP contribution in [0, 0.1) is 0 Å². The molecule has 0 bridgehead atoms. The minimum Gasteiger partial charge on any atom is -0.497 e. The Hall–Kier alpha value is -1.98. The van der Waals surface area contributed by atoms with Gasteiger partial charge in [0.1, 0.15) is 5.75 Å². The van der Waals surface area contributed by atoms with E-state index in [1.165, 1.54) is 16.9 Å². The number of amides is 1. The predicted molar refractivity (Wildman–Crippen MR) is 97.5 cm³/mol. The van der Waals surface area contributed by atoms with E-state index < -0.39 is 5.91 Å². The quantitative estimate of drug-likeness (QED) is 0.873. The van der Waals surface area contributed by atoms with E-state index in [0.29, 0.717) is 12.1 Å². The van der Waals surface area contributed by atoms with E-state index >= 15 is 0 Å². The van der Waals surface area contributed by atoms with Gasteiger partial charge in [-0.15, -0.1) is 11.8 Å². The number of ether oxygens (including phenoxy) is 1. The highest BCUT2D eigenvalue weighted by molar-refractivity contribution is 7.99. The highest BCUT2D eigenvalue weighted by Gasteiger charge is 2.19. The standard InChI is InChI=1S/C19H22N2O2S/c1-23-15-7-8-18-16(11-15)17(6-3-9-24-18)21-12-13-4-2-5-14(10-13)19(20)22/h2,4-5,7-8,10-11,17,21H,3,6,9,12H2,1H3,(H2,20,22)/t17-/m0/s1. The van der Waals surface area contributed by atoms with Crippen molar-refractivity contribution in [2.75, 3.05) is 12.9 Å². The third-order valence-electron chi connectivity index (χ3n) is 4.25. The van der Waals surface area contributed by atoms with Crippen molar-refractivity contribution in [2.45, 2.75) is 30.3 Å². The van der Waals surface area contributed by atoms with E-state index in [4.69, 9.17) is 10.5 Å². The summed E-state index contributed by atoms with van der Waals surface area (Å²) in [5, 5.41) is 3.63. The molecule has 0 fully saturated rings. The largest absolute Gasteiger partial charge is 0.497 e. The van der Waals surface area contributed by atoms with Crippen LogP contribution in [0.4, 0.5) is 0 Å². The number of nitrogens with one attached hydrogen (secondary N) is 1. The zero-order valence-corrected chi connectivity index (χ0v) is 14.6. The van der Waals surface area contributed by atoms with Gasteiger partial charge in [-0.25, -0.2) is 0 Å². The average molecular weight is 342 g/mol. The summed E-state index contributed by atoms with van der Waals surface area (Å²) >= 11 is 1.90. The second-order valence-electron chi connectivity index (χ2n) is 5.89. The zero-order valence-electron chi connectivity index (χ0n) is 13.7. The van der Waals surface area contributed by atoms with Gasteiger partial charge in [0.15, 0.2) is 0 Å². The van der Waals surface area contributed by atoms with Crippen LogP contribution in [0.3, 0.4) is 0 Å². The molecule has 0 spiro atoms. The first-order valence-corrected chi connectivity index (χ1v) is 9.09. The molecule has 0 saturated carbocycles. The van der Waals surface area contributed by atoms with Gasteiger partial charge >= 0.3 is 0 Å². The fraction of sp³-hybridized carbons (Fsp3) is 0.316. The maximum Gasteiger partial charge on any atom is 0.248 e. The molecule has 1 aliphatic heterocycles. The summed E-state index contributed by atoms with van der Waals surface area (Å²) in [6.45, 7) is 0.701. The van der Waals surface area contributed by atoms with Gasteiger partial charge < -0.3 is 15.8 Å². The molecule has 0 aromatic heterocycles. The lowest BCUT2D eigenvalue weighted by Gasteiger charge is -2.20. The van der Waals surface area contributed by atoms with Crippen LogP contribution in [0.25, 0.3) is 0 Å². The van der Waals surface area contributed by atoms with Gasteiger partial charge in [-0.1, -0.05) is 12.1 Å². The summed E-state index contributed by atoms with van der Waals surface area (Å²) in [7, 11) is 1.70. The molecule has 1 aliphatic rings. The van der Waals surface area contributed by atoms with Crippen molar-refractivity contribution < 1.29 is 9.53 Å². The molecule has 0 saturated heterocycles. The summed E-state index contributed by atoms with van der Waals surface area (Å²) in [4.78, 5) is 12.6. The first kappa shape index (κ1) is 16.9. The zero-order chi connectivity index (χ0) is 16.9. The van der Waals surface area contributed by atoms with E-state index in [-0.39, 0.29) is 6.04 Å². The van der Waals surface area contributed by atoms with Crippen molar-refractivity contribution in [1.82, 2.24) is 5.32 Å². The number of primary amides is 1. The van der Waals surface area contributed by atoms with Gasteiger partial charge in [0.2, 0.25) is 5.91 Å². The number of methoxy groups -OCH3 is 1. The molecule has 3 rings (SSSR count). The number of hydrogen-bond donors (Lipinski definition) is 2. The van der Waals surface area contributed by atoms with E-state index in [0.717, 1.165) is 23.5 Å². The lowest BCUT2D eigenvalue weighted by Crippen LogP contribution is -2.21. The molecule has 3 N–H and O–H groups in total. The summed E-state index contributed by atoms with van der Waals surface area (Å²) in [6, 6.07) is 14.1. The van der Waals surface area contributed by atoms with Crippen molar-refractivity contribution in [1.29, 1.82) is 0 Å². The highest BCUT2D eigenvalue weighted by Crippen LogP contribution is 2.37. The van der Waals surface area contributed by atoms with Crippen LogP contribution in [0.15, 0.2) is 47.4 Å². The number of fused-ring (bicyclic) bond motifs is 1. The van der Waals surface area contributed by atoms with Crippen molar-refractivity contribution in [3.63, 3.8) is 0 Å². The first-order chi connectivity index (χ1) is 11.7. The SMILES string of the molecule is COc1ccc2c(c1)[C@@H](NCc1cccc(C(N)=O)c1)CCCS2.